The van der Waals surface area contributed by atoms with Crippen molar-refractivity contribution in [3.8, 4) is 0 Å². The fraction of sp³-hybridized carbons (Fsp3) is 0.444. The van der Waals surface area contributed by atoms with Gasteiger partial charge in [0, 0.05) is 19.3 Å². The number of pyridine rings is 1. The van der Waals surface area contributed by atoms with Gasteiger partial charge in [0.05, 0.1) is 12.3 Å². The summed E-state index contributed by atoms with van der Waals surface area (Å²) in [4.78, 5) is 3.80. The van der Waals surface area contributed by atoms with Gasteiger partial charge in [-0.1, -0.05) is 0 Å². The van der Waals surface area contributed by atoms with Gasteiger partial charge in [0.25, 0.3) is 10.0 Å². The van der Waals surface area contributed by atoms with Crippen molar-refractivity contribution in [2.24, 2.45) is 5.84 Å². The Morgan fingerprint density at radius 3 is 2.88 bits per heavy atom. The lowest BCUT2D eigenvalue weighted by Crippen LogP contribution is -2.36. The van der Waals surface area contributed by atoms with E-state index < -0.39 is 10.0 Å². The van der Waals surface area contributed by atoms with Gasteiger partial charge < -0.3 is 10.2 Å². The van der Waals surface area contributed by atoms with Crippen molar-refractivity contribution in [1.29, 1.82) is 0 Å². The number of anilines is 1. The van der Waals surface area contributed by atoms with E-state index in [2.05, 4.69) is 15.1 Å². The highest BCUT2D eigenvalue weighted by atomic mass is 32.2. The van der Waals surface area contributed by atoms with Crippen LogP contribution in [0.25, 0.3) is 0 Å². The summed E-state index contributed by atoms with van der Waals surface area (Å²) in [6, 6.07) is 2.77. The number of sulfonamides is 1. The number of hydrazine groups is 1. The Morgan fingerprint density at radius 1 is 1.59 bits per heavy atom. The number of ether oxygens (including phenoxy) is 1. The first-order valence-electron chi connectivity index (χ1n) is 4.94. The minimum Gasteiger partial charge on any atom is -0.383 e. The van der Waals surface area contributed by atoms with Crippen molar-refractivity contribution in [3.05, 3.63) is 18.3 Å². The first-order chi connectivity index (χ1) is 8.01. The third-order valence-corrected chi connectivity index (χ3v) is 3.50. The van der Waals surface area contributed by atoms with Crippen LogP contribution in [0.1, 0.15) is 6.92 Å². The molecule has 0 aliphatic rings. The third kappa shape index (κ3) is 3.63. The summed E-state index contributed by atoms with van der Waals surface area (Å²) in [6.45, 7) is 1.97. The van der Waals surface area contributed by atoms with Crippen molar-refractivity contribution in [2.75, 3.05) is 19.1 Å². The Balaban J connectivity index is 2.97. The normalized spacial score (nSPS) is 13.4. The summed E-state index contributed by atoms with van der Waals surface area (Å²) in [7, 11) is -2.21. The van der Waals surface area contributed by atoms with Crippen molar-refractivity contribution in [1.82, 2.24) is 9.71 Å². The molecule has 0 spiro atoms. The van der Waals surface area contributed by atoms with Gasteiger partial charge >= 0.3 is 0 Å². The Kier molecular flexibility index (Phi) is 4.82. The Morgan fingerprint density at radius 2 is 2.29 bits per heavy atom. The lowest BCUT2D eigenvalue weighted by Gasteiger charge is -2.14. The van der Waals surface area contributed by atoms with Gasteiger partial charge in [0.2, 0.25) is 0 Å². The molecule has 0 saturated heterocycles. The van der Waals surface area contributed by atoms with Gasteiger partial charge in [-0.2, -0.15) is 0 Å². The van der Waals surface area contributed by atoms with E-state index in [1.54, 1.807) is 13.0 Å². The fourth-order valence-electron chi connectivity index (χ4n) is 1.32. The predicted molar refractivity (Wildman–Crippen MR) is 63.7 cm³/mol. The molecular weight excluding hydrogens is 244 g/mol. The van der Waals surface area contributed by atoms with Crippen LogP contribution in [-0.2, 0) is 14.8 Å². The maximum Gasteiger partial charge on any atom is 0.260 e. The standard InChI is InChI=1S/C9H16N4O3S/c1-7(6-16-2)13-17(14,15)9-8(12-10)4-3-5-11-9/h3-5,7,12-13H,6,10H2,1-2H3. The van der Waals surface area contributed by atoms with E-state index >= 15 is 0 Å². The Labute approximate surface area is 100 Å². The number of nitrogens with two attached hydrogens (primary N) is 1. The second-order valence-electron chi connectivity index (χ2n) is 3.48. The molecule has 1 rings (SSSR count). The molecule has 17 heavy (non-hydrogen) atoms. The van der Waals surface area contributed by atoms with Gasteiger partial charge in [0.1, 0.15) is 0 Å². The molecular formula is C9H16N4O3S. The minimum absolute atomic E-state index is 0.134. The van der Waals surface area contributed by atoms with Gasteiger partial charge in [-0.15, -0.1) is 0 Å². The molecule has 8 heteroatoms. The summed E-state index contributed by atoms with van der Waals surface area (Å²) in [5, 5.41) is -0.134. The van der Waals surface area contributed by atoms with E-state index in [0.717, 1.165) is 0 Å². The smallest absolute Gasteiger partial charge is 0.260 e. The van der Waals surface area contributed by atoms with E-state index in [0.29, 0.717) is 0 Å². The highest BCUT2D eigenvalue weighted by molar-refractivity contribution is 7.89. The highest BCUT2D eigenvalue weighted by Crippen LogP contribution is 2.16. The number of aromatic nitrogens is 1. The number of hydrogen-bond acceptors (Lipinski definition) is 6. The van der Waals surface area contributed by atoms with E-state index in [9.17, 15) is 8.42 Å². The molecule has 1 aromatic heterocycles. The monoisotopic (exact) mass is 260 g/mol. The molecule has 0 fully saturated rings. The molecule has 0 aliphatic heterocycles. The molecule has 1 unspecified atom stereocenters. The van der Waals surface area contributed by atoms with Gasteiger partial charge in [0.15, 0.2) is 5.03 Å². The van der Waals surface area contributed by atoms with Gasteiger partial charge in [-0.25, -0.2) is 18.1 Å². The predicted octanol–water partition coefficient (Wildman–Crippen LogP) is -0.320. The molecule has 0 saturated carbocycles. The van der Waals surface area contributed by atoms with Crippen LogP contribution in [0.3, 0.4) is 0 Å². The number of nitrogen functional groups attached to an aromatic ring is 1. The molecule has 1 aromatic rings. The zero-order valence-electron chi connectivity index (χ0n) is 9.67. The van der Waals surface area contributed by atoms with Gasteiger partial charge in [-0.3, -0.25) is 5.84 Å². The second-order valence-corrected chi connectivity index (χ2v) is 5.11. The molecule has 0 aliphatic carbocycles. The zero-order valence-corrected chi connectivity index (χ0v) is 10.5. The lowest BCUT2D eigenvalue weighted by molar-refractivity contribution is 0.180. The van der Waals surface area contributed by atoms with Crippen LogP contribution in [0.15, 0.2) is 23.4 Å². The van der Waals surface area contributed by atoms with E-state index in [4.69, 9.17) is 10.6 Å². The third-order valence-electron chi connectivity index (χ3n) is 1.95. The van der Waals surface area contributed by atoms with E-state index in [1.165, 1.54) is 19.4 Å². The van der Waals surface area contributed by atoms with Crippen LogP contribution in [0.4, 0.5) is 5.69 Å². The van der Waals surface area contributed by atoms with Crippen LogP contribution in [-0.4, -0.2) is 33.2 Å². The number of hydrogen-bond donors (Lipinski definition) is 3. The topological polar surface area (TPSA) is 106 Å². The molecule has 1 heterocycles. The van der Waals surface area contributed by atoms with Crippen LogP contribution < -0.4 is 16.0 Å². The summed E-state index contributed by atoms with van der Waals surface area (Å²) < 4.78 is 31.2. The Hall–Kier alpha value is -1.22. The molecule has 0 amide bonds. The van der Waals surface area contributed by atoms with Crippen LogP contribution >= 0.6 is 0 Å². The second kappa shape index (κ2) is 5.92. The fourth-order valence-corrected chi connectivity index (χ4v) is 2.65. The number of rotatable bonds is 6. The van der Waals surface area contributed by atoms with Crippen LogP contribution in [0.5, 0.6) is 0 Å². The first kappa shape index (κ1) is 13.8. The van der Waals surface area contributed by atoms with Crippen LogP contribution in [0.2, 0.25) is 0 Å². The molecule has 7 nitrogen and oxygen atoms in total. The summed E-state index contributed by atoms with van der Waals surface area (Å²) in [6.07, 6.45) is 1.39. The van der Waals surface area contributed by atoms with E-state index in [-0.39, 0.29) is 23.4 Å². The maximum atomic E-state index is 12.0. The molecule has 0 bridgehead atoms. The number of nitrogens with zero attached hydrogens (tertiary/aromatic N) is 1. The van der Waals surface area contributed by atoms with Gasteiger partial charge in [-0.05, 0) is 19.1 Å². The summed E-state index contributed by atoms with van der Waals surface area (Å²) in [5.74, 6) is 5.23. The molecule has 0 aromatic carbocycles. The van der Waals surface area contributed by atoms with Crippen molar-refractivity contribution >= 4 is 15.7 Å². The zero-order chi connectivity index (χ0) is 12.9. The number of nitrogens with one attached hydrogen (secondary N) is 2. The lowest BCUT2D eigenvalue weighted by atomic mass is 10.4. The van der Waals surface area contributed by atoms with Crippen molar-refractivity contribution in [2.45, 2.75) is 18.0 Å². The molecule has 96 valence electrons. The van der Waals surface area contributed by atoms with Crippen LogP contribution in [0, 0.1) is 0 Å². The molecule has 0 radical (unpaired) electrons. The highest BCUT2D eigenvalue weighted by Gasteiger charge is 2.21. The number of methoxy groups -OCH3 is 1. The Bertz CT molecular complexity index is 463. The maximum absolute atomic E-state index is 12.0. The SMILES string of the molecule is COCC(C)NS(=O)(=O)c1ncccc1NN. The van der Waals surface area contributed by atoms with E-state index in [1.807, 2.05) is 0 Å². The molecule has 1 atom stereocenters. The van der Waals surface area contributed by atoms with Crippen molar-refractivity contribution < 1.29 is 13.2 Å². The summed E-state index contributed by atoms with van der Waals surface area (Å²) >= 11 is 0. The average Bonchev–Trinajstić information content (AvgIpc) is 2.28. The minimum atomic E-state index is -3.71. The largest absolute Gasteiger partial charge is 0.383 e. The first-order valence-corrected chi connectivity index (χ1v) is 6.42. The quantitative estimate of drug-likeness (QED) is 0.478. The molecule has 4 N–H and O–H groups in total. The summed E-state index contributed by atoms with van der Waals surface area (Å²) in [5.41, 5.74) is 2.53. The van der Waals surface area contributed by atoms with Crippen molar-refractivity contribution in [3.63, 3.8) is 0 Å². The average molecular weight is 260 g/mol.